The summed E-state index contributed by atoms with van der Waals surface area (Å²) in [4.78, 5) is 17.4. The number of allylic oxidation sites excluding steroid dienone is 6. The Bertz CT molecular complexity index is 703. The molecule has 1 aromatic carbocycles. The first kappa shape index (κ1) is 21.1. The Morgan fingerprint density at radius 2 is 1.85 bits per heavy atom. The molecule has 0 bridgehead atoms. The zero-order chi connectivity index (χ0) is 19.0. The van der Waals surface area contributed by atoms with Crippen molar-refractivity contribution in [1.82, 2.24) is 0 Å². The number of oxime groups is 1. The Morgan fingerprint density at radius 1 is 1.12 bits per heavy atom. The number of rotatable bonds is 10. The van der Waals surface area contributed by atoms with Crippen LogP contribution in [0.1, 0.15) is 42.6 Å². The van der Waals surface area contributed by atoms with Crippen LogP contribution in [0.3, 0.4) is 0 Å². The van der Waals surface area contributed by atoms with Gasteiger partial charge in [-0.25, -0.2) is 9.18 Å². The summed E-state index contributed by atoms with van der Waals surface area (Å²) in [6.07, 6.45) is 13.5. The molecule has 0 radical (unpaired) electrons. The van der Waals surface area contributed by atoms with Gasteiger partial charge in [-0.2, -0.15) is 0 Å². The van der Waals surface area contributed by atoms with Gasteiger partial charge in [0.05, 0.1) is 24.7 Å². The van der Waals surface area contributed by atoms with E-state index in [2.05, 4.69) is 12.1 Å². The van der Waals surface area contributed by atoms with Crippen LogP contribution in [0.15, 0.2) is 72.2 Å². The monoisotopic (exact) mass is 357 g/mol. The molecule has 0 N–H and O–H groups in total. The highest BCUT2D eigenvalue weighted by Gasteiger charge is 2.10. The third kappa shape index (κ3) is 8.24. The van der Waals surface area contributed by atoms with E-state index in [1.807, 2.05) is 12.1 Å². The van der Waals surface area contributed by atoms with Gasteiger partial charge in [0, 0.05) is 5.56 Å². The molecule has 0 spiro atoms. The molecule has 0 aliphatic rings. The lowest BCUT2D eigenvalue weighted by Crippen LogP contribution is -2.05. The predicted molar refractivity (Wildman–Crippen MR) is 103 cm³/mol. The third-order valence-corrected chi connectivity index (χ3v) is 3.09. The van der Waals surface area contributed by atoms with Crippen LogP contribution in [-0.4, -0.2) is 18.8 Å². The Morgan fingerprint density at radius 3 is 2.58 bits per heavy atom. The molecule has 0 saturated carbocycles. The van der Waals surface area contributed by atoms with Gasteiger partial charge in [0.25, 0.3) is 0 Å². The molecule has 0 aliphatic carbocycles. The third-order valence-electron chi connectivity index (χ3n) is 3.09. The highest BCUT2D eigenvalue weighted by molar-refractivity contribution is 5.90. The Hall–Kier alpha value is -2.95. The second-order valence-electron chi connectivity index (χ2n) is 5.09. The normalized spacial score (nSPS) is 12.7. The zero-order valence-electron chi connectivity index (χ0n) is 15.1. The van der Waals surface area contributed by atoms with Gasteiger partial charge in [-0.3, -0.25) is 0 Å². The molecule has 0 fully saturated rings. The van der Waals surface area contributed by atoms with Gasteiger partial charge in [-0.1, -0.05) is 48.9 Å². The Kier molecular flexibility index (Phi) is 10.8. The average molecular weight is 357 g/mol. The zero-order valence-corrected chi connectivity index (χ0v) is 15.1. The van der Waals surface area contributed by atoms with Crippen LogP contribution in [0, 0.1) is 0 Å². The number of ether oxygens (including phenoxy) is 1. The number of halogens is 1. The number of carbonyl (C=O) groups is 1. The Labute approximate surface area is 154 Å². The van der Waals surface area contributed by atoms with E-state index in [1.165, 1.54) is 12.3 Å². The number of carbonyl (C=O) groups excluding carboxylic acids is 1. The van der Waals surface area contributed by atoms with E-state index in [4.69, 9.17) is 9.57 Å². The highest BCUT2D eigenvalue weighted by Crippen LogP contribution is 2.19. The summed E-state index contributed by atoms with van der Waals surface area (Å²) in [5.74, 6) is 0.197. The van der Waals surface area contributed by atoms with Crippen LogP contribution < -0.4 is 0 Å². The van der Waals surface area contributed by atoms with Gasteiger partial charge in [-0.05, 0) is 43.7 Å². The van der Waals surface area contributed by atoms with Crippen molar-refractivity contribution in [3.63, 3.8) is 0 Å². The molecule has 4 nitrogen and oxygen atoms in total. The molecular formula is C21H24FNO3. The first-order valence-corrected chi connectivity index (χ1v) is 8.49. The minimum Gasteiger partial charge on any atom is -0.462 e. The van der Waals surface area contributed by atoms with Crippen molar-refractivity contribution < 1.29 is 18.8 Å². The summed E-state index contributed by atoms with van der Waals surface area (Å²) in [5, 5.41) is 3.91. The van der Waals surface area contributed by atoms with Crippen LogP contribution in [0.2, 0.25) is 0 Å². The fraction of sp³-hybridized carbons (Fsp3) is 0.238. The van der Waals surface area contributed by atoms with Gasteiger partial charge in [0.2, 0.25) is 0 Å². The van der Waals surface area contributed by atoms with Crippen LogP contribution in [0.4, 0.5) is 4.39 Å². The summed E-state index contributed by atoms with van der Waals surface area (Å²) in [5.41, 5.74) is 1.21. The van der Waals surface area contributed by atoms with E-state index >= 15 is 0 Å². The summed E-state index contributed by atoms with van der Waals surface area (Å²) < 4.78 is 16.8. The summed E-state index contributed by atoms with van der Waals surface area (Å²) >= 11 is 0. The molecular weight excluding hydrogens is 333 g/mol. The topological polar surface area (TPSA) is 47.9 Å². The number of hydrogen-bond acceptors (Lipinski definition) is 4. The van der Waals surface area contributed by atoms with Crippen molar-refractivity contribution in [2.45, 2.75) is 26.7 Å². The van der Waals surface area contributed by atoms with E-state index in [0.717, 1.165) is 18.4 Å². The van der Waals surface area contributed by atoms with Gasteiger partial charge in [-0.15, -0.1) is 0 Å². The number of unbranched alkanes of at least 4 members (excludes halogenated alkanes) is 1. The van der Waals surface area contributed by atoms with Gasteiger partial charge < -0.3 is 9.57 Å². The Balaban J connectivity index is 2.84. The minimum atomic E-state index is -0.371. The molecule has 1 rings (SSSR count). The molecule has 0 unspecified atom stereocenters. The van der Waals surface area contributed by atoms with Gasteiger partial charge in [0.1, 0.15) is 0 Å². The average Bonchev–Trinajstić information content (AvgIpc) is 2.66. The first-order chi connectivity index (χ1) is 12.7. The summed E-state index contributed by atoms with van der Waals surface area (Å²) in [7, 11) is 0. The molecule has 26 heavy (non-hydrogen) atoms. The number of hydrogen-bond donors (Lipinski definition) is 0. The van der Waals surface area contributed by atoms with Crippen molar-refractivity contribution in [3.8, 4) is 0 Å². The van der Waals surface area contributed by atoms with Gasteiger partial charge >= 0.3 is 5.97 Å². The van der Waals surface area contributed by atoms with Crippen molar-refractivity contribution in [1.29, 1.82) is 0 Å². The van der Waals surface area contributed by atoms with E-state index < -0.39 is 0 Å². The lowest BCUT2D eigenvalue weighted by molar-refractivity contribution is 0.0526. The molecule has 1 aromatic rings. The lowest BCUT2D eigenvalue weighted by Gasteiger charge is -2.07. The number of benzene rings is 1. The molecule has 0 aromatic heterocycles. The predicted octanol–water partition coefficient (Wildman–Crippen LogP) is 5.60. The van der Waals surface area contributed by atoms with Gasteiger partial charge in [0.15, 0.2) is 5.76 Å². The highest BCUT2D eigenvalue weighted by atomic mass is 19.1. The summed E-state index contributed by atoms with van der Waals surface area (Å²) in [6.45, 7) is 4.15. The van der Waals surface area contributed by atoms with Crippen molar-refractivity contribution in [2.24, 2.45) is 5.16 Å². The molecule has 5 heteroatoms. The van der Waals surface area contributed by atoms with Crippen molar-refractivity contribution >= 4 is 17.9 Å². The van der Waals surface area contributed by atoms with Crippen LogP contribution in [-0.2, 0) is 9.57 Å². The maximum absolute atomic E-state index is 11.9. The second-order valence-corrected chi connectivity index (χ2v) is 5.09. The molecule has 0 amide bonds. The van der Waals surface area contributed by atoms with E-state index in [9.17, 15) is 9.18 Å². The fourth-order valence-corrected chi connectivity index (χ4v) is 1.90. The first-order valence-electron chi connectivity index (χ1n) is 8.49. The quantitative estimate of drug-likeness (QED) is 0.180. The number of nitrogens with zero attached hydrogens (tertiary/aromatic N) is 1. The van der Waals surface area contributed by atoms with Crippen LogP contribution in [0.25, 0.3) is 5.76 Å². The largest absolute Gasteiger partial charge is 0.462 e. The molecule has 0 atom stereocenters. The van der Waals surface area contributed by atoms with E-state index in [-0.39, 0.29) is 5.97 Å². The molecule has 138 valence electrons. The van der Waals surface area contributed by atoms with Crippen molar-refractivity contribution in [2.75, 3.05) is 6.61 Å². The summed E-state index contributed by atoms with van der Waals surface area (Å²) in [6, 6.07) is 7.04. The van der Waals surface area contributed by atoms with Crippen LogP contribution in [0.5, 0.6) is 0 Å². The number of esters is 1. The second kappa shape index (κ2) is 13.4. The van der Waals surface area contributed by atoms with Crippen molar-refractivity contribution in [3.05, 3.63) is 78.2 Å². The molecule has 0 aliphatic heterocycles. The van der Waals surface area contributed by atoms with E-state index in [0.29, 0.717) is 24.3 Å². The van der Waals surface area contributed by atoms with E-state index in [1.54, 1.807) is 49.4 Å². The maximum atomic E-state index is 11.9. The smallest absolute Gasteiger partial charge is 0.338 e. The molecule has 0 heterocycles. The standard InChI is InChI=1S/C21H24FNO3/c1-3-5-14-20(26-23-16-10-8-6-7-9-15-22)18-12-11-13-19(17-18)21(24)25-4-2/h6-17H,3-5H2,1-2H3/b7-6-,10-8+,15-9+,20-14-,23-16+. The minimum absolute atomic E-state index is 0.324. The lowest BCUT2D eigenvalue weighted by atomic mass is 10.1. The SMILES string of the molecule is CCC/C=C(\O/N=C/C=C/C=C\C=C\F)c1cccc(C(=O)OCC)c1. The van der Waals surface area contributed by atoms with Crippen LogP contribution >= 0.6 is 0 Å². The molecule has 0 saturated heterocycles. The maximum Gasteiger partial charge on any atom is 0.338 e. The fourth-order valence-electron chi connectivity index (χ4n) is 1.90.